The van der Waals surface area contributed by atoms with E-state index in [-0.39, 0.29) is 18.4 Å². The standard InChI is InChI=1S/C12H19N5O2/c1-8(2)6-15-11(18)7-16-12(19)9-3-4-14-10(5-9)17-13/h3-5,8H,6-7,13H2,1-2H3,(H,14,17)(H,15,18)(H,16,19). The number of nitrogens with zero attached hydrogens (tertiary/aromatic N) is 1. The molecule has 2 amide bonds. The summed E-state index contributed by atoms with van der Waals surface area (Å²) in [6, 6.07) is 3.05. The molecule has 0 bridgehead atoms. The molecule has 0 fully saturated rings. The molecule has 0 aliphatic rings. The molecule has 0 unspecified atom stereocenters. The average molecular weight is 265 g/mol. The lowest BCUT2D eigenvalue weighted by atomic mass is 10.2. The second kappa shape index (κ2) is 7.32. The summed E-state index contributed by atoms with van der Waals surface area (Å²) in [5.41, 5.74) is 2.74. The van der Waals surface area contributed by atoms with E-state index in [1.165, 1.54) is 12.3 Å². The van der Waals surface area contributed by atoms with Crippen LogP contribution in [0, 0.1) is 5.92 Å². The van der Waals surface area contributed by atoms with E-state index in [2.05, 4.69) is 21.0 Å². The van der Waals surface area contributed by atoms with Crippen molar-refractivity contribution in [3.05, 3.63) is 23.9 Å². The molecule has 0 radical (unpaired) electrons. The molecule has 0 aromatic carbocycles. The lowest BCUT2D eigenvalue weighted by molar-refractivity contribution is -0.120. The van der Waals surface area contributed by atoms with Crippen LogP contribution in [0.15, 0.2) is 18.3 Å². The zero-order chi connectivity index (χ0) is 14.3. The minimum atomic E-state index is -0.349. The number of nitrogen functional groups attached to an aromatic ring is 1. The van der Waals surface area contributed by atoms with E-state index in [0.717, 1.165) is 0 Å². The normalized spacial score (nSPS) is 10.1. The van der Waals surface area contributed by atoms with Crippen molar-refractivity contribution in [3.63, 3.8) is 0 Å². The molecule has 1 heterocycles. The molecular weight excluding hydrogens is 246 g/mol. The molecule has 0 aliphatic carbocycles. The van der Waals surface area contributed by atoms with Crippen LogP contribution in [0.4, 0.5) is 5.82 Å². The zero-order valence-electron chi connectivity index (χ0n) is 11.1. The quantitative estimate of drug-likeness (QED) is 0.423. The summed E-state index contributed by atoms with van der Waals surface area (Å²) in [6.07, 6.45) is 1.46. The summed E-state index contributed by atoms with van der Waals surface area (Å²) in [7, 11) is 0. The number of nitrogens with one attached hydrogen (secondary N) is 3. The summed E-state index contributed by atoms with van der Waals surface area (Å²) >= 11 is 0. The second-order valence-corrected chi connectivity index (χ2v) is 4.45. The van der Waals surface area contributed by atoms with E-state index in [1.54, 1.807) is 6.07 Å². The van der Waals surface area contributed by atoms with Gasteiger partial charge in [0.05, 0.1) is 6.54 Å². The third-order valence-electron chi connectivity index (χ3n) is 2.29. The van der Waals surface area contributed by atoms with Crippen LogP contribution in [0.1, 0.15) is 24.2 Å². The SMILES string of the molecule is CC(C)CNC(=O)CNC(=O)c1ccnc(NN)c1. The molecule has 1 aromatic rings. The first-order valence-electron chi connectivity index (χ1n) is 6.00. The third kappa shape index (κ3) is 5.35. The van der Waals surface area contributed by atoms with E-state index < -0.39 is 0 Å². The molecule has 5 N–H and O–H groups in total. The Morgan fingerprint density at radius 1 is 1.37 bits per heavy atom. The number of aromatic nitrogens is 1. The Bertz CT molecular complexity index is 448. The van der Waals surface area contributed by atoms with Crippen molar-refractivity contribution >= 4 is 17.6 Å². The summed E-state index contributed by atoms with van der Waals surface area (Å²) in [6.45, 7) is 4.53. The third-order valence-corrected chi connectivity index (χ3v) is 2.29. The van der Waals surface area contributed by atoms with Gasteiger partial charge >= 0.3 is 0 Å². The lowest BCUT2D eigenvalue weighted by Gasteiger charge is -2.09. The maximum atomic E-state index is 11.8. The largest absolute Gasteiger partial charge is 0.354 e. The maximum absolute atomic E-state index is 11.8. The summed E-state index contributed by atoms with van der Waals surface area (Å²) in [5, 5.41) is 5.24. The van der Waals surface area contributed by atoms with Crippen molar-refractivity contribution in [1.82, 2.24) is 15.6 Å². The number of carbonyl (C=O) groups is 2. The molecule has 7 heteroatoms. The Labute approximate surface area is 111 Å². The number of carbonyl (C=O) groups excluding carboxylic acids is 2. The Morgan fingerprint density at radius 3 is 2.74 bits per heavy atom. The van der Waals surface area contributed by atoms with Crippen molar-refractivity contribution in [2.24, 2.45) is 11.8 Å². The van der Waals surface area contributed by atoms with E-state index in [1.807, 2.05) is 13.8 Å². The van der Waals surface area contributed by atoms with Crippen molar-refractivity contribution in [1.29, 1.82) is 0 Å². The number of hydrazine groups is 1. The van der Waals surface area contributed by atoms with E-state index in [9.17, 15) is 9.59 Å². The predicted molar refractivity (Wildman–Crippen MR) is 72.2 cm³/mol. The van der Waals surface area contributed by atoms with Crippen molar-refractivity contribution in [2.45, 2.75) is 13.8 Å². The van der Waals surface area contributed by atoms with E-state index in [0.29, 0.717) is 23.8 Å². The minimum Gasteiger partial charge on any atom is -0.354 e. The van der Waals surface area contributed by atoms with Gasteiger partial charge in [0, 0.05) is 18.3 Å². The van der Waals surface area contributed by atoms with Gasteiger partial charge in [-0.3, -0.25) is 9.59 Å². The molecule has 0 atom stereocenters. The molecule has 0 spiro atoms. The highest BCUT2D eigenvalue weighted by Crippen LogP contribution is 2.04. The number of hydrogen-bond donors (Lipinski definition) is 4. The highest BCUT2D eigenvalue weighted by Gasteiger charge is 2.08. The Hall–Kier alpha value is -2.15. The molecule has 0 saturated carbocycles. The zero-order valence-corrected chi connectivity index (χ0v) is 11.1. The molecular formula is C12H19N5O2. The van der Waals surface area contributed by atoms with E-state index >= 15 is 0 Å². The van der Waals surface area contributed by atoms with E-state index in [4.69, 9.17) is 5.84 Å². The van der Waals surface area contributed by atoms with Crippen LogP contribution in [-0.2, 0) is 4.79 Å². The molecule has 1 aromatic heterocycles. The minimum absolute atomic E-state index is 0.0563. The fourth-order valence-corrected chi connectivity index (χ4v) is 1.29. The molecule has 0 aliphatic heterocycles. The summed E-state index contributed by atoms with van der Waals surface area (Å²) < 4.78 is 0. The molecule has 7 nitrogen and oxygen atoms in total. The monoisotopic (exact) mass is 265 g/mol. The fraction of sp³-hybridized carbons (Fsp3) is 0.417. The van der Waals surface area contributed by atoms with Crippen LogP contribution < -0.4 is 21.9 Å². The first-order chi connectivity index (χ1) is 9.02. The Kier molecular flexibility index (Phi) is 5.74. The van der Waals surface area contributed by atoms with Crippen molar-refractivity contribution in [2.75, 3.05) is 18.5 Å². The van der Waals surface area contributed by atoms with Crippen LogP contribution in [0.2, 0.25) is 0 Å². The van der Waals surface area contributed by atoms with Gasteiger partial charge in [0.1, 0.15) is 5.82 Å². The van der Waals surface area contributed by atoms with Gasteiger partial charge in [0.15, 0.2) is 0 Å². The predicted octanol–water partition coefficient (Wildman–Crippen LogP) is -0.131. The first kappa shape index (κ1) is 14.9. The maximum Gasteiger partial charge on any atom is 0.251 e. The molecule has 1 rings (SSSR count). The van der Waals surface area contributed by atoms with Crippen LogP contribution >= 0.6 is 0 Å². The van der Waals surface area contributed by atoms with Crippen LogP contribution in [0.25, 0.3) is 0 Å². The van der Waals surface area contributed by atoms with Gasteiger partial charge in [-0.05, 0) is 18.1 Å². The van der Waals surface area contributed by atoms with Crippen molar-refractivity contribution < 1.29 is 9.59 Å². The highest BCUT2D eigenvalue weighted by molar-refractivity contribution is 5.96. The van der Waals surface area contributed by atoms with Gasteiger partial charge in [-0.2, -0.15) is 0 Å². The molecule has 19 heavy (non-hydrogen) atoms. The number of rotatable bonds is 6. The van der Waals surface area contributed by atoms with Crippen LogP contribution in [0.3, 0.4) is 0 Å². The summed E-state index contributed by atoms with van der Waals surface area (Å²) in [5.74, 6) is 5.40. The first-order valence-corrected chi connectivity index (χ1v) is 6.00. The van der Waals surface area contributed by atoms with Gasteiger partial charge < -0.3 is 16.1 Å². The second-order valence-electron chi connectivity index (χ2n) is 4.45. The number of anilines is 1. The van der Waals surface area contributed by atoms with Crippen LogP contribution in [0.5, 0.6) is 0 Å². The number of pyridine rings is 1. The van der Waals surface area contributed by atoms with Gasteiger partial charge in [-0.1, -0.05) is 13.8 Å². The number of amides is 2. The van der Waals surface area contributed by atoms with Crippen molar-refractivity contribution in [3.8, 4) is 0 Å². The summed E-state index contributed by atoms with van der Waals surface area (Å²) in [4.78, 5) is 27.1. The van der Waals surface area contributed by atoms with Gasteiger partial charge in [0.25, 0.3) is 5.91 Å². The molecule has 104 valence electrons. The van der Waals surface area contributed by atoms with Gasteiger partial charge in [-0.15, -0.1) is 0 Å². The Balaban J connectivity index is 2.44. The Morgan fingerprint density at radius 2 is 2.11 bits per heavy atom. The number of hydrogen-bond acceptors (Lipinski definition) is 5. The fourth-order valence-electron chi connectivity index (χ4n) is 1.29. The van der Waals surface area contributed by atoms with Gasteiger partial charge in [-0.25, -0.2) is 10.8 Å². The lowest BCUT2D eigenvalue weighted by Crippen LogP contribution is -2.38. The smallest absolute Gasteiger partial charge is 0.251 e. The highest BCUT2D eigenvalue weighted by atomic mass is 16.2. The topological polar surface area (TPSA) is 109 Å². The van der Waals surface area contributed by atoms with Gasteiger partial charge in [0.2, 0.25) is 5.91 Å². The average Bonchev–Trinajstić information content (AvgIpc) is 2.42. The number of nitrogens with two attached hydrogens (primary N) is 1. The molecule has 0 saturated heterocycles. The van der Waals surface area contributed by atoms with Crippen LogP contribution in [-0.4, -0.2) is 29.9 Å².